The first kappa shape index (κ1) is 13.7. The molecular formula is C13H19N5OS. The second-order valence-electron chi connectivity index (χ2n) is 5.12. The lowest BCUT2D eigenvalue weighted by atomic mass is 10.0. The van der Waals surface area contributed by atoms with E-state index in [-0.39, 0.29) is 0 Å². The molecule has 0 aromatic carbocycles. The van der Waals surface area contributed by atoms with Crippen molar-refractivity contribution in [2.24, 2.45) is 5.73 Å². The van der Waals surface area contributed by atoms with E-state index < -0.39 is 0 Å². The van der Waals surface area contributed by atoms with E-state index >= 15 is 0 Å². The predicted molar refractivity (Wildman–Crippen MR) is 76.0 cm³/mol. The van der Waals surface area contributed by atoms with Gasteiger partial charge in [0.1, 0.15) is 5.01 Å². The number of aromatic nitrogens is 3. The molecule has 1 aliphatic heterocycles. The third-order valence-corrected chi connectivity index (χ3v) is 4.63. The van der Waals surface area contributed by atoms with Crippen LogP contribution in [-0.2, 0) is 13.1 Å². The van der Waals surface area contributed by atoms with E-state index in [4.69, 9.17) is 10.3 Å². The summed E-state index contributed by atoms with van der Waals surface area (Å²) < 4.78 is 5.07. The average Bonchev–Trinajstić information content (AvgIpc) is 3.08. The van der Waals surface area contributed by atoms with Gasteiger partial charge in [0.05, 0.1) is 19.1 Å². The molecule has 2 aromatic heterocycles. The SMILES string of the molecule is Cc1csc(C2CCCCN2Cc2noc(CN)n2)n1. The molecule has 0 spiro atoms. The van der Waals surface area contributed by atoms with Crippen LogP contribution in [0, 0.1) is 6.92 Å². The number of hydrogen-bond donors (Lipinski definition) is 1. The Morgan fingerprint density at radius 3 is 3.05 bits per heavy atom. The van der Waals surface area contributed by atoms with Crippen LogP contribution < -0.4 is 5.73 Å². The molecule has 7 heteroatoms. The maximum Gasteiger partial charge on any atom is 0.240 e. The largest absolute Gasteiger partial charge is 0.338 e. The van der Waals surface area contributed by atoms with Gasteiger partial charge in [-0.2, -0.15) is 4.98 Å². The van der Waals surface area contributed by atoms with Crippen LogP contribution >= 0.6 is 11.3 Å². The number of aryl methyl sites for hydroxylation is 1. The lowest BCUT2D eigenvalue weighted by molar-refractivity contribution is 0.135. The summed E-state index contributed by atoms with van der Waals surface area (Å²) in [6.45, 7) is 4.09. The third-order valence-electron chi connectivity index (χ3n) is 3.56. The van der Waals surface area contributed by atoms with Gasteiger partial charge in [-0.15, -0.1) is 11.3 Å². The molecule has 0 radical (unpaired) electrons. The molecule has 20 heavy (non-hydrogen) atoms. The second-order valence-corrected chi connectivity index (χ2v) is 6.01. The summed E-state index contributed by atoms with van der Waals surface area (Å²) in [5.41, 5.74) is 6.60. The van der Waals surface area contributed by atoms with E-state index in [1.807, 2.05) is 6.92 Å². The van der Waals surface area contributed by atoms with Crippen molar-refractivity contribution < 1.29 is 4.52 Å². The summed E-state index contributed by atoms with van der Waals surface area (Å²) in [5.74, 6) is 1.21. The monoisotopic (exact) mass is 293 g/mol. The van der Waals surface area contributed by atoms with E-state index in [0.717, 1.165) is 18.7 Å². The number of likely N-dealkylation sites (tertiary alicyclic amines) is 1. The van der Waals surface area contributed by atoms with Crippen molar-refractivity contribution in [3.63, 3.8) is 0 Å². The molecule has 3 rings (SSSR count). The lowest BCUT2D eigenvalue weighted by Gasteiger charge is -2.33. The summed E-state index contributed by atoms with van der Waals surface area (Å²) in [5, 5.41) is 7.30. The fourth-order valence-electron chi connectivity index (χ4n) is 2.60. The average molecular weight is 293 g/mol. The van der Waals surface area contributed by atoms with Crippen LogP contribution in [0.2, 0.25) is 0 Å². The van der Waals surface area contributed by atoms with Crippen molar-refractivity contribution in [2.75, 3.05) is 6.54 Å². The molecule has 0 aliphatic carbocycles. The van der Waals surface area contributed by atoms with Gasteiger partial charge < -0.3 is 10.3 Å². The van der Waals surface area contributed by atoms with Crippen molar-refractivity contribution in [1.82, 2.24) is 20.0 Å². The van der Waals surface area contributed by atoms with Crippen LogP contribution in [0.15, 0.2) is 9.90 Å². The predicted octanol–water partition coefficient (Wildman–Crippen LogP) is 2.02. The zero-order valence-corrected chi connectivity index (χ0v) is 12.4. The molecule has 1 unspecified atom stereocenters. The molecule has 0 bridgehead atoms. The quantitative estimate of drug-likeness (QED) is 0.929. The summed E-state index contributed by atoms with van der Waals surface area (Å²) in [6.07, 6.45) is 3.61. The second kappa shape index (κ2) is 5.99. The normalized spacial score (nSPS) is 20.4. The molecule has 6 nitrogen and oxygen atoms in total. The zero-order valence-electron chi connectivity index (χ0n) is 11.6. The van der Waals surface area contributed by atoms with Crippen molar-refractivity contribution >= 4 is 11.3 Å². The summed E-state index contributed by atoms with van der Waals surface area (Å²) >= 11 is 1.74. The number of nitrogens with two attached hydrogens (primary N) is 1. The van der Waals surface area contributed by atoms with Crippen molar-refractivity contribution in [1.29, 1.82) is 0 Å². The van der Waals surface area contributed by atoms with Gasteiger partial charge in [0, 0.05) is 11.1 Å². The molecule has 108 valence electrons. The molecule has 1 atom stereocenters. The molecule has 1 saturated heterocycles. The van der Waals surface area contributed by atoms with Gasteiger partial charge >= 0.3 is 0 Å². The van der Waals surface area contributed by atoms with E-state index in [0.29, 0.717) is 30.8 Å². The minimum atomic E-state index is 0.294. The third kappa shape index (κ3) is 2.89. The molecule has 3 heterocycles. The Labute approximate surface area is 122 Å². The minimum absolute atomic E-state index is 0.294. The molecule has 0 amide bonds. The van der Waals surface area contributed by atoms with Gasteiger partial charge in [-0.3, -0.25) is 4.90 Å². The van der Waals surface area contributed by atoms with E-state index in [2.05, 4.69) is 25.4 Å². The van der Waals surface area contributed by atoms with Crippen molar-refractivity contribution in [3.8, 4) is 0 Å². The molecule has 1 aliphatic rings. The maximum absolute atomic E-state index is 5.50. The highest BCUT2D eigenvalue weighted by Gasteiger charge is 2.27. The fourth-order valence-corrected chi connectivity index (χ4v) is 3.57. The van der Waals surface area contributed by atoms with Crippen LogP contribution in [0.4, 0.5) is 0 Å². The maximum atomic E-state index is 5.50. The number of thiazole rings is 1. The lowest BCUT2D eigenvalue weighted by Crippen LogP contribution is -2.33. The Morgan fingerprint density at radius 2 is 2.35 bits per heavy atom. The Morgan fingerprint density at radius 1 is 1.45 bits per heavy atom. The molecule has 1 fully saturated rings. The van der Waals surface area contributed by atoms with Crippen LogP contribution in [-0.4, -0.2) is 26.6 Å². The van der Waals surface area contributed by atoms with Gasteiger partial charge in [0.2, 0.25) is 5.89 Å². The summed E-state index contributed by atoms with van der Waals surface area (Å²) in [7, 11) is 0. The topological polar surface area (TPSA) is 81.1 Å². The van der Waals surface area contributed by atoms with Gasteiger partial charge in [-0.05, 0) is 26.3 Å². The first-order valence-corrected chi connectivity index (χ1v) is 7.82. The Bertz CT molecular complexity index is 567. The van der Waals surface area contributed by atoms with Crippen LogP contribution in [0.3, 0.4) is 0 Å². The van der Waals surface area contributed by atoms with Gasteiger partial charge in [0.25, 0.3) is 0 Å². The van der Waals surface area contributed by atoms with Crippen molar-refractivity contribution in [2.45, 2.75) is 45.3 Å². The standard InChI is InChI=1S/C13H19N5OS/c1-9-8-20-13(15-9)10-4-2-3-5-18(10)7-11-16-12(6-14)19-17-11/h8,10H,2-7,14H2,1H3. The van der Waals surface area contributed by atoms with Gasteiger partial charge in [-0.1, -0.05) is 11.6 Å². The first-order chi connectivity index (χ1) is 9.76. The zero-order chi connectivity index (χ0) is 13.9. The fraction of sp³-hybridized carbons (Fsp3) is 0.615. The number of nitrogens with zero attached hydrogens (tertiary/aromatic N) is 4. The summed E-state index contributed by atoms with van der Waals surface area (Å²) in [6, 6.07) is 0.377. The highest BCUT2D eigenvalue weighted by atomic mass is 32.1. The van der Waals surface area contributed by atoms with E-state index in [9.17, 15) is 0 Å². The van der Waals surface area contributed by atoms with Crippen LogP contribution in [0.5, 0.6) is 0 Å². The minimum Gasteiger partial charge on any atom is -0.338 e. The molecule has 2 aromatic rings. The van der Waals surface area contributed by atoms with E-state index in [1.165, 1.54) is 17.8 Å². The molecular weight excluding hydrogens is 274 g/mol. The molecule has 0 saturated carbocycles. The summed E-state index contributed by atoms with van der Waals surface area (Å²) in [4.78, 5) is 11.3. The van der Waals surface area contributed by atoms with E-state index in [1.54, 1.807) is 11.3 Å². The molecule has 2 N–H and O–H groups in total. The number of hydrogen-bond acceptors (Lipinski definition) is 7. The Kier molecular flexibility index (Phi) is 4.09. The Hall–Kier alpha value is -1.31. The highest BCUT2D eigenvalue weighted by Crippen LogP contribution is 2.33. The van der Waals surface area contributed by atoms with Crippen molar-refractivity contribution in [3.05, 3.63) is 27.8 Å². The number of piperidine rings is 1. The Balaban J connectivity index is 1.75. The smallest absolute Gasteiger partial charge is 0.240 e. The van der Waals surface area contributed by atoms with Crippen LogP contribution in [0.1, 0.15) is 47.7 Å². The highest BCUT2D eigenvalue weighted by molar-refractivity contribution is 7.09. The number of rotatable bonds is 4. The van der Waals surface area contributed by atoms with Gasteiger partial charge in [-0.25, -0.2) is 4.98 Å². The van der Waals surface area contributed by atoms with Crippen LogP contribution in [0.25, 0.3) is 0 Å². The van der Waals surface area contributed by atoms with Gasteiger partial charge in [0.15, 0.2) is 5.82 Å². The first-order valence-electron chi connectivity index (χ1n) is 6.94.